The number of carbonyl (C=O) groups excluding carboxylic acids is 1. The maximum Gasteiger partial charge on any atom is 0.332 e. The van der Waals surface area contributed by atoms with E-state index >= 15 is 0 Å². The van der Waals surface area contributed by atoms with Gasteiger partial charge in [0.15, 0.2) is 5.52 Å². The maximum absolute atomic E-state index is 13.2. The number of anilines is 1. The maximum atomic E-state index is 13.2. The number of hydrogen-bond acceptors (Lipinski definition) is 5. The zero-order chi connectivity index (χ0) is 21.3. The van der Waals surface area contributed by atoms with Crippen molar-refractivity contribution < 1.29 is 4.79 Å². The lowest BCUT2D eigenvalue weighted by Crippen LogP contribution is -2.41. The van der Waals surface area contributed by atoms with E-state index in [0.29, 0.717) is 5.52 Å². The van der Waals surface area contributed by atoms with Crippen LogP contribution in [0.15, 0.2) is 63.5 Å². The summed E-state index contributed by atoms with van der Waals surface area (Å²) in [5.74, 6) is -0.341. The van der Waals surface area contributed by atoms with Crippen molar-refractivity contribution in [1.29, 1.82) is 0 Å². The topological polar surface area (TPSA) is 86.0 Å². The second kappa shape index (κ2) is 8.08. The van der Waals surface area contributed by atoms with Gasteiger partial charge in [0.25, 0.3) is 5.56 Å². The van der Waals surface area contributed by atoms with Gasteiger partial charge in [-0.3, -0.25) is 18.7 Å². The molecule has 0 radical (unpaired) electrons. The Morgan fingerprint density at radius 2 is 1.70 bits per heavy atom. The number of aryl methyl sites for hydroxylation is 2. The summed E-state index contributed by atoms with van der Waals surface area (Å²) in [5.41, 5.74) is 3.00. The average Bonchev–Trinajstić information content (AvgIpc) is 3.22. The van der Waals surface area contributed by atoms with E-state index in [0.717, 1.165) is 38.5 Å². The molecule has 4 rings (SSSR count). The van der Waals surface area contributed by atoms with Gasteiger partial charge in [0.1, 0.15) is 6.54 Å². The third-order valence-corrected chi connectivity index (χ3v) is 5.60. The molecule has 0 fully saturated rings. The van der Waals surface area contributed by atoms with Gasteiger partial charge in [0.2, 0.25) is 5.91 Å². The largest absolute Gasteiger partial charge is 0.332 e. The molecule has 1 N–H and O–H groups in total. The van der Waals surface area contributed by atoms with E-state index < -0.39 is 11.2 Å². The summed E-state index contributed by atoms with van der Waals surface area (Å²) in [6.45, 7) is 3.73. The number of hydrogen-bond donors (Lipinski definition) is 1. The predicted molar refractivity (Wildman–Crippen MR) is 118 cm³/mol. The molecule has 0 atom stereocenters. The van der Waals surface area contributed by atoms with E-state index in [9.17, 15) is 14.4 Å². The number of nitrogens with zero attached hydrogens (tertiary/aromatic N) is 3. The summed E-state index contributed by atoms with van der Waals surface area (Å²) in [6, 6.07) is 15.0. The Morgan fingerprint density at radius 1 is 1.00 bits per heavy atom. The molecule has 152 valence electrons. The second-order valence-electron chi connectivity index (χ2n) is 7.11. The van der Waals surface area contributed by atoms with Gasteiger partial charge in [-0.05, 0) is 42.1 Å². The van der Waals surface area contributed by atoms with Crippen molar-refractivity contribution in [3.8, 4) is 0 Å². The Kier molecular flexibility index (Phi) is 5.33. The molecule has 7 nitrogen and oxygen atoms in total. The van der Waals surface area contributed by atoms with Gasteiger partial charge in [0.05, 0.1) is 12.1 Å². The lowest BCUT2D eigenvalue weighted by atomic mass is 10.1. The molecule has 0 bridgehead atoms. The number of benzene rings is 2. The van der Waals surface area contributed by atoms with Gasteiger partial charge in [-0.25, -0.2) is 4.79 Å². The normalized spacial score (nSPS) is 11.0. The van der Waals surface area contributed by atoms with Crippen LogP contribution < -0.4 is 16.6 Å². The molecular formula is C22H20N4O3S. The lowest BCUT2D eigenvalue weighted by Gasteiger charge is -2.14. The molecule has 2 aromatic carbocycles. The zero-order valence-corrected chi connectivity index (χ0v) is 17.4. The van der Waals surface area contributed by atoms with Gasteiger partial charge in [-0.15, -0.1) is 0 Å². The van der Waals surface area contributed by atoms with Crippen LogP contribution in [-0.4, -0.2) is 19.4 Å². The number of fused-ring (bicyclic) bond motifs is 1. The van der Waals surface area contributed by atoms with Crippen molar-refractivity contribution in [3.63, 3.8) is 0 Å². The number of amides is 1. The monoisotopic (exact) mass is 420 g/mol. The van der Waals surface area contributed by atoms with E-state index in [2.05, 4.69) is 9.69 Å². The first-order chi connectivity index (χ1) is 14.5. The van der Waals surface area contributed by atoms with Crippen LogP contribution in [0.25, 0.3) is 11.0 Å². The summed E-state index contributed by atoms with van der Waals surface area (Å²) < 4.78 is 6.60. The minimum Gasteiger partial charge on any atom is -0.324 e. The minimum absolute atomic E-state index is 0.116. The smallest absolute Gasteiger partial charge is 0.324 e. The third kappa shape index (κ3) is 3.69. The van der Waals surface area contributed by atoms with Crippen LogP contribution in [0, 0.1) is 13.8 Å². The first-order valence-corrected chi connectivity index (χ1v) is 10.3. The Hall–Kier alpha value is -3.52. The SMILES string of the molecule is Cc1cccc(C)c1NC(=O)Cn1c(=O)n(Cc2ccccc2)c(=O)c2nscc21. The Bertz CT molecular complexity index is 1330. The molecule has 1 amide bonds. The van der Waals surface area contributed by atoms with Gasteiger partial charge in [-0.2, -0.15) is 4.37 Å². The van der Waals surface area contributed by atoms with E-state index in [-0.39, 0.29) is 24.5 Å². The molecule has 0 aliphatic rings. The van der Waals surface area contributed by atoms with Gasteiger partial charge >= 0.3 is 5.69 Å². The quantitative estimate of drug-likeness (QED) is 0.538. The van der Waals surface area contributed by atoms with Crippen LogP contribution in [0.2, 0.25) is 0 Å². The van der Waals surface area contributed by atoms with Crippen LogP contribution in [-0.2, 0) is 17.9 Å². The average molecular weight is 420 g/mol. The first-order valence-electron chi connectivity index (χ1n) is 9.43. The summed E-state index contributed by atoms with van der Waals surface area (Å²) in [5, 5.41) is 4.51. The summed E-state index contributed by atoms with van der Waals surface area (Å²) in [6.07, 6.45) is 0. The van der Waals surface area contributed by atoms with Crippen LogP contribution in [0.4, 0.5) is 5.69 Å². The fourth-order valence-corrected chi connectivity index (χ4v) is 4.10. The Labute approximate surface area is 176 Å². The molecule has 0 aliphatic carbocycles. The Balaban J connectivity index is 1.73. The van der Waals surface area contributed by atoms with Crippen molar-refractivity contribution in [3.05, 3.63) is 91.4 Å². The van der Waals surface area contributed by atoms with E-state index in [1.165, 1.54) is 4.57 Å². The van der Waals surface area contributed by atoms with Crippen molar-refractivity contribution in [2.24, 2.45) is 0 Å². The number of nitrogens with one attached hydrogen (secondary N) is 1. The highest BCUT2D eigenvalue weighted by Crippen LogP contribution is 2.19. The molecule has 30 heavy (non-hydrogen) atoms. The van der Waals surface area contributed by atoms with E-state index in [1.807, 2.05) is 62.4 Å². The van der Waals surface area contributed by atoms with Crippen molar-refractivity contribution in [2.45, 2.75) is 26.9 Å². The highest BCUT2D eigenvalue weighted by molar-refractivity contribution is 7.04. The van der Waals surface area contributed by atoms with Crippen LogP contribution in [0.1, 0.15) is 16.7 Å². The minimum atomic E-state index is -0.534. The lowest BCUT2D eigenvalue weighted by molar-refractivity contribution is -0.116. The van der Waals surface area contributed by atoms with Gasteiger partial charge in [0, 0.05) is 11.1 Å². The van der Waals surface area contributed by atoms with E-state index in [4.69, 9.17) is 0 Å². The highest BCUT2D eigenvalue weighted by Gasteiger charge is 2.18. The predicted octanol–water partition coefficient (Wildman–Crippen LogP) is 2.92. The second-order valence-corrected chi connectivity index (χ2v) is 7.74. The molecule has 2 heterocycles. The van der Waals surface area contributed by atoms with Crippen LogP contribution in [0.5, 0.6) is 0 Å². The Morgan fingerprint density at radius 3 is 2.40 bits per heavy atom. The first kappa shape index (κ1) is 19.8. The molecular weight excluding hydrogens is 400 g/mol. The summed E-state index contributed by atoms with van der Waals surface area (Å²) in [4.78, 5) is 38.8. The molecule has 0 spiro atoms. The standard InChI is InChI=1S/C22H20N4O3S/c1-14-7-6-8-15(2)19(14)23-18(27)12-25-17-13-30-24-20(17)21(28)26(22(25)29)11-16-9-4-3-5-10-16/h3-10,13H,11-12H2,1-2H3,(H,23,27). The number of aromatic nitrogens is 3. The van der Waals surface area contributed by atoms with Gasteiger partial charge in [-0.1, -0.05) is 48.5 Å². The fourth-order valence-electron chi connectivity index (χ4n) is 3.43. The molecule has 4 aromatic rings. The molecule has 0 unspecified atom stereocenters. The molecule has 0 aliphatic heterocycles. The fraction of sp³-hybridized carbons (Fsp3) is 0.182. The summed E-state index contributed by atoms with van der Waals surface area (Å²) >= 11 is 1.09. The molecule has 0 saturated carbocycles. The molecule has 2 aromatic heterocycles. The van der Waals surface area contributed by atoms with Gasteiger partial charge < -0.3 is 5.32 Å². The summed E-state index contributed by atoms with van der Waals surface area (Å²) in [7, 11) is 0. The third-order valence-electron chi connectivity index (χ3n) is 4.98. The van der Waals surface area contributed by atoms with Crippen LogP contribution >= 0.6 is 11.5 Å². The van der Waals surface area contributed by atoms with Crippen LogP contribution in [0.3, 0.4) is 0 Å². The van der Waals surface area contributed by atoms with Crippen molar-refractivity contribution in [2.75, 3.05) is 5.32 Å². The molecule has 0 saturated heterocycles. The van der Waals surface area contributed by atoms with E-state index in [1.54, 1.807) is 5.38 Å². The number of carbonyl (C=O) groups is 1. The van der Waals surface area contributed by atoms with Crippen molar-refractivity contribution >= 4 is 34.2 Å². The van der Waals surface area contributed by atoms with Crippen molar-refractivity contribution in [1.82, 2.24) is 13.5 Å². The highest BCUT2D eigenvalue weighted by atomic mass is 32.1. The zero-order valence-electron chi connectivity index (χ0n) is 16.6. The number of para-hydroxylation sites is 1. The molecule has 8 heteroatoms. The number of rotatable bonds is 5.